The first-order valence-electron chi connectivity index (χ1n) is 7.62. The van der Waals surface area contributed by atoms with Crippen molar-refractivity contribution in [3.8, 4) is 0 Å². The Kier molecular flexibility index (Phi) is 4.32. The summed E-state index contributed by atoms with van der Waals surface area (Å²) in [4.78, 5) is 0. The van der Waals surface area contributed by atoms with Crippen molar-refractivity contribution < 1.29 is 0 Å². The van der Waals surface area contributed by atoms with Crippen LogP contribution in [0.5, 0.6) is 0 Å². The molecule has 1 N–H and O–H groups in total. The van der Waals surface area contributed by atoms with Gasteiger partial charge in [-0.25, -0.2) is 0 Å². The second-order valence-electron chi connectivity index (χ2n) is 5.41. The molecule has 0 fully saturated rings. The van der Waals surface area contributed by atoms with E-state index in [9.17, 15) is 0 Å². The first-order chi connectivity index (χ1) is 10.4. The second kappa shape index (κ2) is 6.55. The quantitative estimate of drug-likeness (QED) is 0.712. The van der Waals surface area contributed by atoms with Gasteiger partial charge in [0.15, 0.2) is 0 Å². The molecule has 3 aromatic carbocycles. The van der Waals surface area contributed by atoms with Crippen LogP contribution in [0.15, 0.2) is 66.7 Å². The Morgan fingerprint density at radius 3 is 2.24 bits per heavy atom. The lowest BCUT2D eigenvalue weighted by atomic mass is 10.0. The highest BCUT2D eigenvalue weighted by atomic mass is 14.8. The highest BCUT2D eigenvalue weighted by Crippen LogP contribution is 2.16. The summed E-state index contributed by atoms with van der Waals surface area (Å²) in [6, 6.07) is 23.9. The predicted molar refractivity (Wildman–Crippen MR) is 90.3 cm³/mol. The maximum atomic E-state index is 3.56. The molecule has 0 saturated heterocycles. The van der Waals surface area contributed by atoms with Gasteiger partial charge in [0.25, 0.3) is 0 Å². The van der Waals surface area contributed by atoms with E-state index >= 15 is 0 Å². The molecule has 106 valence electrons. The highest BCUT2D eigenvalue weighted by Gasteiger charge is 2.00. The normalized spacial score (nSPS) is 10.9. The zero-order valence-corrected chi connectivity index (χ0v) is 12.5. The van der Waals surface area contributed by atoms with Gasteiger partial charge in [0.1, 0.15) is 0 Å². The zero-order valence-electron chi connectivity index (χ0n) is 12.5. The SMILES string of the molecule is CCc1ccccc1CNCc1ccc2ccccc2c1. The monoisotopic (exact) mass is 275 g/mol. The first kappa shape index (κ1) is 13.8. The third-order valence-corrected chi connectivity index (χ3v) is 3.96. The predicted octanol–water partition coefficient (Wildman–Crippen LogP) is 4.69. The summed E-state index contributed by atoms with van der Waals surface area (Å²) in [7, 11) is 0. The fraction of sp³-hybridized carbons (Fsp3) is 0.200. The number of hydrogen-bond donors (Lipinski definition) is 1. The molecule has 0 saturated carbocycles. The van der Waals surface area contributed by atoms with Gasteiger partial charge in [-0.15, -0.1) is 0 Å². The first-order valence-corrected chi connectivity index (χ1v) is 7.62. The largest absolute Gasteiger partial charge is 0.309 e. The van der Waals surface area contributed by atoms with Gasteiger partial charge in [-0.3, -0.25) is 0 Å². The topological polar surface area (TPSA) is 12.0 Å². The lowest BCUT2D eigenvalue weighted by molar-refractivity contribution is 0.689. The van der Waals surface area contributed by atoms with Crippen LogP contribution < -0.4 is 5.32 Å². The summed E-state index contributed by atoms with van der Waals surface area (Å²) in [6.07, 6.45) is 1.09. The van der Waals surface area contributed by atoms with Crippen molar-refractivity contribution in [3.05, 3.63) is 83.4 Å². The fourth-order valence-electron chi connectivity index (χ4n) is 2.77. The molecule has 0 heterocycles. The van der Waals surface area contributed by atoms with Crippen molar-refractivity contribution >= 4 is 10.8 Å². The summed E-state index contributed by atoms with van der Waals surface area (Å²) in [6.45, 7) is 4.04. The van der Waals surface area contributed by atoms with Crippen LogP contribution in [0.1, 0.15) is 23.6 Å². The van der Waals surface area contributed by atoms with E-state index in [-0.39, 0.29) is 0 Å². The van der Waals surface area contributed by atoms with Gasteiger partial charge >= 0.3 is 0 Å². The molecule has 21 heavy (non-hydrogen) atoms. The number of hydrogen-bond acceptors (Lipinski definition) is 1. The van der Waals surface area contributed by atoms with Crippen LogP contribution in [-0.4, -0.2) is 0 Å². The maximum Gasteiger partial charge on any atom is 0.0211 e. The summed E-state index contributed by atoms with van der Waals surface area (Å²) >= 11 is 0. The van der Waals surface area contributed by atoms with Crippen LogP contribution in [0, 0.1) is 0 Å². The number of rotatable bonds is 5. The van der Waals surface area contributed by atoms with E-state index in [0.717, 1.165) is 19.5 Å². The van der Waals surface area contributed by atoms with Gasteiger partial charge < -0.3 is 5.32 Å². The van der Waals surface area contributed by atoms with Crippen LogP contribution >= 0.6 is 0 Å². The third kappa shape index (κ3) is 3.32. The molecule has 0 bridgehead atoms. The van der Waals surface area contributed by atoms with E-state index in [4.69, 9.17) is 0 Å². The molecule has 0 unspecified atom stereocenters. The average Bonchev–Trinajstić information content (AvgIpc) is 2.55. The molecule has 3 rings (SSSR count). The molecule has 3 aromatic rings. The molecule has 0 aliphatic heterocycles. The lowest BCUT2D eigenvalue weighted by Gasteiger charge is -2.10. The fourth-order valence-corrected chi connectivity index (χ4v) is 2.77. The summed E-state index contributed by atoms with van der Waals surface area (Å²) in [5.74, 6) is 0. The third-order valence-electron chi connectivity index (χ3n) is 3.96. The second-order valence-corrected chi connectivity index (χ2v) is 5.41. The molecular formula is C20H21N. The summed E-state index contributed by atoms with van der Waals surface area (Å²) in [5, 5.41) is 6.17. The van der Waals surface area contributed by atoms with Crippen molar-refractivity contribution in [2.75, 3.05) is 0 Å². The van der Waals surface area contributed by atoms with E-state index in [1.54, 1.807) is 0 Å². The van der Waals surface area contributed by atoms with Gasteiger partial charge in [-0.1, -0.05) is 67.6 Å². The lowest BCUT2D eigenvalue weighted by Crippen LogP contribution is -2.13. The number of benzene rings is 3. The van der Waals surface area contributed by atoms with Gasteiger partial charge in [0.2, 0.25) is 0 Å². The molecule has 0 aliphatic carbocycles. The van der Waals surface area contributed by atoms with E-state index in [1.807, 2.05) is 0 Å². The maximum absolute atomic E-state index is 3.56. The standard InChI is InChI=1S/C20H21N/c1-2-17-7-3-6-10-20(17)15-21-14-16-11-12-18-8-4-5-9-19(18)13-16/h3-13,21H,2,14-15H2,1H3. The van der Waals surface area contributed by atoms with Gasteiger partial charge in [0, 0.05) is 13.1 Å². The number of nitrogens with one attached hydrogen (secondary N) is 1. The molecule has 0 atom stereocenters. The minimum atomic E-state index is 0.906. The molecule has 0 aromatic heterocycles. The highest BCUT2D eigenvalue weighted by molar-refractivity contribution is 5.82. The van der Waals surface area contributed by atoms with Crippen molar-refractivity contribution in [2.45, 2.75) is 26.4 Å². The smallest absolute Gasteiger partial charge is 0.0211 e. The van der Waals surface area contributed by atoms with E-state index in [2.05, 4.69) is 79.0 Å². The summed E-state index contributed by atoms with van der Waals surface area (Å²) in [5.41, 5.74) is 4.17. The number of fused-ring (bicyclic) bond motifs is 1. The Bertz CT molecular complexity index is 730. The van der Waals surface area contributed by atoms with Crippen molar-refractivity contribution in [1.29, 1.82) is 0 Å². The van der Waals surface area contributed by atoms with Crippen LogP contribution in [0.3, 0.4) is 0 Å². The Hall–Kier alpha value is -2.12. The Morgan fingerprint density at radius 1 is 0.714 bits per heavy atom. The van der Waals surface area contributed by atoms with E-state index in [1.165, 1.54) is 27.5 Å². The molecule has 1 nitrogen and oxygen atoms in total. The summed E-state index contributed by atoms with van der Waals surface area (Å²) < 4.78 is 0. The van der Waals surface area contributed by atoms with Crippen molar-refractivity contribution in [2.24, 2.45) is 0 Å². The van der Waals surface area contributed by atoms with Crippen molar-refractivity contribution in [3.63, 3.8) is 0 Å². The Morgan fingerprint density at radius 2 is 1.43 bits per heavy atom. The molecule has 0 radical (unpaired) electrons. The Balaban J connectivity index is 1.66. The van der Waals surface area contributed by atoms with Crippen molar-refractivity contribution in [1.82, 2.24) is 5.32 Å². The average molecular weight is 275 g/mol. The van der Waals surface area contributed by atoms with E-state index < -0.39 is 0 Å². The van der Waals surface area contributed by atoms with Gasteiger partial charge in [0.05, 0.1) is 0 Å². The Labute approximate surface area is 126 Å². The molecule has 0 aliphatic rings. The van der Waals surface area contributed by atoms with Crippen LogP contribution in [0.25, 0.3) is 10.8 Å². The van der Waals surface area contributed by atoms with Gasteiger partial charge in [-0.05, 0) is 39.9 Å². The van der Waals surface area contributed by atoms with Gasteiger partial charge in [-0.2, -0.15) is 0 Å². The molecule has 1 heteroatoms. The number of aryl methyl sites for hydroxylation is 1. The van der Waals surface area contributed by atoms with Crippen LogP contribution in [-0.2, 0) is 19.5 Å². The molecular weight excluding hydrogens is 254 g/mol. The van der Waals surface area contributed by atoms with E-state index in [0.29, 0.717) is 0 Å². The molecule has 0 amide bonds. The minimum Gasteiger partial charge on any atom is -0.309 e. The minimum absolute atomic E-state index is 0.906. The van der Waals surface area contributed by atoms with Crippen LogP contribution in [0.2, 0.25) is 0 Å². The molecule has 0 spiro atoms. The van der Waals surface area contributed by atoms with Crippen LogP contribution in [0.4, 0.5) is 0 Å². The zero-order chi connectivity index (χ0) is 14.5.